The molecule has 0 radical (unpaired) electrons. The van der Waals surface area contributed by atoms with E-state index in [0.717, 1.165) is 0 Å². The zero-order valence-electron chi connectivity index (χ0n) is 14.8. The third-order valence-electron chi connectivity index (χ3n) is 3.72. The van der Waals surface area contributed by atoms with Crippen LogP contribution >= 0.6 is 11.3 Å². The highest BCUT2D eigenvalue weighted by molar-refractivity contribution is 7.18. The normalized spacial score (nSPS) is 10.2. The number of carboxylic acid groups (broad SMARTS) is 2. The first kappa shape index (κ1) is 20.0. The van der Waals surface area contributed by atoms with E-state index in [-0.39, 0.29) is 27.5 Å². The second kappa shape index (κ2) is 8.41. The van der Waals surface area contributed by atoms with Gasteiger partial charge >= 0.3 is 18.0 Å². The molecule has 0 aliphatic rings. The van der Waals surface area contributed by atoms with Gasteiger partial charge in [0, 0.05) is 18.2 Å². The van der Waals surface area contributed by atoms with Gasteiger partial charge in [-0.05, 0) is 24.6 Å². The van der Waals surface area contributed by atoms with E-state index in [1.54, 1.807) is 18.2 Å². The Bertz CT molecular complexity index is 892. The van der Waals surface area contributed by atoms with E-state index in [1.807, 2.05) is 0 Å². The Balaban J connectivity index is 2.14. The summed E-state index contributed by atoms with van der Waals surface area (Å²) in [5.41, 5.74) is 0.530. The molecule has 0 saturated heterocycles. The Morgan fingerprint density at radius 3 is 2.37 bits per heavy atom. The molecule has 0 saturated carbocycles. The Labute approximate surface area is 158 Å². The van der Waals surface area contributed by atoms with Crippen molar-refractivity contribution in [2.75, 3.05) is 19.5 Å². The first-order chi connectivity index (χ1) is 12.8. The average molecular weight is 394 g/mol. The third-order valence-corrected chi connectivity index (χ3v) is 4.91. The van der Waals surface area contributed by atoms with Gasteiger partial charge in [-0.2, -0.15) is 0 Å². The molecule has 1 heterocycles. The van der Waals surface area contributed by atoms with Crippen LogP contribution in [0.2, 0.25) is 0 Å². The number of ether oxygens (including phenoxy) is 2. The lowest BCUT2D eigenvalue weighted by atomic mass is 10.1. The van der Waals surface area contributed by atoms with Gasteiger partial charge in [-0.1, -0.05) is 0 Å². The minimum atomic E-state index is -1.32. The monoisotopic (exact) mass is 394 g/mol. The highest BCUT2D eigenvalue weighted by Gasteiger charge is 2.25. The van der Waals surface area contributed by atoms with Crippen LogP contribution in [0, 0.1) is 6.92 Å². The smallest absolute Gasteiger partial charge is 0.346 e. The molecule has 2 rings (SSSR count). The van der Waals surface area contributed by atoms with Gasteiger partial charge in [-0.25, -0.2) is 14.4 Å². The number of aromatic carboxylic acids is 2. The summed E-state index contributed by atoms with van der Waals surface area (Å²) < 4.78 is 10.3. The number of nitrogens with one attached hydrogen (secondary N) is 2. The van der Waals surface area contributed by atoms with E-state index in [1.165, 1.54) is 21.1 Å². The van der Waals surface area contributed by atoms with Crippen molar-refractivity contribution in [1.82, 2.24) is 5.32 Å². The maximum absolute atomic E-state index is 12.2. The molecule has 1 aromatic carbocycles. The van der Waals surface area contributed by atoms with Gasteiger partial charge in [0.25, 0.3) is 0 Å². The third kappa shape index (κ3) is 4.47. The number of thiophene rings is 1. The molecule has 0 aliphatic carbocycles. The van der Waals surface area contributed by atoms with Crippen LogP contribution in [0.5, 0.6) is 11.5 Å². The van der Waals surface area contributed by atoms with E-state index in [9.17, 15) is 19.5 Å². The van der Waals surface area contributed by atoms with Crippen LogP contribution in [0.15, 0.2) is 18.2 Å². The van der Waals surface area contributed by atoms with Gasteiger partial charge in [0.1, 0.15) is 21.4 Å². The highest BCUT2D eigenvalue weighted by Crippen LogP contribution is 2.33. The molecular weight excluding hydrogens is 376 g/mol. The first-order valence-corrected chi connectivity index (χ1v) is 8.45. The lowest BCUT2D eigenvalue weighted by molar-refractivity contribution is 0.0696. The molecule has 27 heavy (non-hydrogen) atoms. The van der Waals surface area contributed by atoms with Crippen molar-refractivity contribution in [3.05, 3.63) is 39.8 Å². The summed E-state index contributed by atoms with van der Waals surface area (Å²) in [6.45, 7) is 1.49. The van der Waals surface area contributed by atoms with E-state index < -0.39 is 18.0 Å². The number of urea groups is 1. The highest BCUT2D eigenvalue weighted by atomic mass is 32.1. The van der Waals surface area contributed by atoms with Crippen LogP contribution in [0.3, 0.4) is 0 Å². The Morgan fingerprint density at radius 2 is 1.81 bits per heavy atom. The fourth-order valence-corrected chi connectivity index (χ4v) is 3.42. The number of carbonyl (C=O) groups excluding carboxylic acids is 1. The molecule has 0 spiro atoms. The van der Waals surface area contributed by atoms with E-state index >= 15 is 0 Å². The van der Waals surface area contributed by atoms with Crippen LogP contribution in [0.4, 0.5) is 9.80 Å². The van der Waals surface area contributed by atoms with Crippen LogP contribution in [-0.4, -0.2) is 42.4 Å². The average Bonchev–Trinajstić information content (AvgIpc) is 2.96. The fraction of sp³-hybridized carbons (Fsp3) is 0.235. The van der Waals surface area contributed by atoms with Gasteiger partial charge in [-0.15, -0.1) is 11.3 Å². The first-order valence-electron chi connectivity index (χ1n) is 7.64. The van der Waals surface area contributed by atoms with Gasteiger partial charge in [0.05, 0.1) is 19.8 Å². The summed E-state index contributed by atoms with van der Waals surface area (Å²) in [7, 11) is 3.01. The number of carboxylic acids is 2. The number of carbonyl (C=O) groups is 3. The Hall–Kier alpha value is -3.27. The SMILES string of the molecule is COc1ccc(CNC(=O)Nc2sc(C(=O)O)c(C)c2C(=O)O)c(OC)c1. The minimum absolute atomic E-state index is 0.0448. The number of rotatable bonds is 7. The summed E-state index contributed by atoms with van der Waals surface area (Å²) in [5, 5.41) is 23.4. The molecule has 144 valence electrons. The van der Waals surface area contributed by atoms with Crippen molar-refractivity contribution in [1.29, 1.82) is 0 Å². The van der Waals surface area contributed by atoms with Crippen molar-refractivity contribution >= 4 is 34.3 Å². The summed E-state index contributed by atoms with van der Waals surface area (Å²) in [6.07, 6.45) is 0. The van der Waals surface area contributed by atoms with E-state index in [2.05, 4.69) is 10.6 Å². The molecule has 0 aliphatic heterocycles. The number of hydrogen-bond acceptors (Lipinski definition) is 6. The van der Waals surface area contributed by atoms with Crippen LogP contribution in [0.25, 0.3) is 0 Å². The van der Waals surface area contributed by atoms with E-state index in [0.29, 0.717) is 28.4 Å². The second-order valence-corrected chi connectivity index (χ2v) is 6.38. The molecule has 2 amide bonds. The summed E-state index contributed by atoms with van der Waals surface area (Å²) in [5.74, 6) is -1.46. The molecule has 10 heteroatoms. The molecule has 0 atom stereocenters. The predicted molar refractivity (Wildman–Crippen MR) is 98.4 cm³/mol. The lowest BCUT2D eigenvalue weighted by Gasteiger charge is -2.12. The van der Waals surface area contributed by atoms with Gasteiger partial charge in [0.2, 0.25) is 0 Å². The van der Waals surface area contributed by atoms with Crippen molar-refractivity contribution in [3.8, 4) is 11.5 Å². The minimum Gasteiger partial charge on any atom is -0.497 e. The summed E-state index contributed by atoms with van der Waals surface area (Å²) in [4.78, 5) is 34.6. The zero-order chi connectivity index (χ0) is 20.1. The lowest BCUT2D eigenvalue weighted by Crippen LogP contribution is -2.28. The Morgan fingerprint density at radius 1 is 1.11 bits per heavy atom. The molecule has 0 bridgehead atoms. The summed E-state index contributed by atoms with van der Waals surface area (Å²) in [6, 6.07) is 4.42. The predicted octanol–water partition coefficient (Wildman–Crippen LogP) is 2.79. The largest absolute Gasteiger partial charge is 0.497 e. The zero-order valence-corrected chi connectivity index (χ0v) is 15.6. The maximum Gasteiger partial charge on any atom is 0.346 e. The number of hydrogen-bond donors (Lipinski definition) is 4. The van der Waals surface area contributed by atoms with Crippen LogP contribution in [-0.2, 0) is 6.54 Å². The number of methoxy groups -OCH3 is 2. The Kier molecular flexibility index (Phi) is 6.24. The van der Waals surface area contributed by atoms with Crippen LogP contribution < -0.4 is 20.1 Å². The fourth-order valence-electron chi connectivity index (χ4n) is 2.38. The molecule has 1 aromatic heterocycles. The van der Waals surface area contributed by atoms with Crippen molar-refractivity contribution in [3.63, 3.8) is 0 Å². The molecule has 0 unspecified atom stereocenters. The quantitative estimate of drug-likeness (QED) is 0.567. The maximum atomic E-state index is 12.2. The number of anilines is 1. The number of benzene rings is 1. The number of amides is 2. The van der Waals surface area contributed by atoms with E-state index in [4.69, 9.17) is 14.6 Å². The van der Waals surface area contributed by atoms with Crippen molar-refractivity contribution in [2.45, 2.75) is 13.5 Å². The molecule has 4 N–H and O–H groups in total. The van der Waals surface area contributed by atoms with Gasteiger partial charge in [-0.3, -0.25) is 5.32 Å². The molecule has 9 nitrogen and oxygen atoms in total. The molecule has 2 aromatic rings. The molecule has 0 fully saturated rings. The van der Waals surface area contributed by atoms with Crippen LogP contribution in [0.1, 0.15) is 31.2 Å². The van der Waals surface area contributed by atoms with Gasteiger partial charge in [0.15, 0.2) is 0 Å². The van der Waals surface area contributed by atoms with Crippen molar-refractivity contribution in [2.24, 2.45) is 0 Å². The summed E-state index contributed by atoms with van der Waals surface area (Å²) >= 11 is 0.692. The standard InChI is InChI=1S/C17H18N2O7S/c1-8-12(15(20)21)14(27-13(8)16(22)23)19-17(24)18-7-9-4-5-10(25-2)6-11(9)26-3/h4-6H,7H2,1-3H3,(H,20,21)(H,22,23)(H2,18,19,24). The van der Waals surface area contributed by atoms with Crippen molar-refractivity contribution < 1.29 is 34.1 Å². The topological polar surface area (TPSA) is 134 Å². The molecular formula is C17H18N2O7S. The second-order valence-electron chi connectivity index (χ2n) is 5.36. The van der Waals surface area contributed by atoms with Gasteiger partial charge < -0.3 is 25.0 Å².